The number of carboxylic acids is 1. The minimum atomic E-state index is -0.981. The quantitative estimate of drug-likeness (QED) is 0.387. The summed E-state index contributed by atoms with van der Waals surface area (Å²) in [7, 11) is 0. The molecular weight excluding hydrogens is 143 g/mol. The van der Waals surface area contributed by atoms with Crippen LogP contribution in [0, 0.1) is 0 Å². The van der Waals surface area contributed by atoms with E-state index in [0.29, 0.717) is 0 Å². The number of hydrogen-bond acceptors (Lipinski definition) is 1. The van der Waals surface area contributed by atoms with Crippen LogP contribution in [0.15, 0.2) is 12.7 Å². The van der Waals surface area contributed by atoms with Crippen LogP contribution in [-0.2, 0) is 4.79 Å². The van der Waals surface area contributed by atoms with Crippen molar-refractivity contribution in [2.75, 3.05) is 0 Å². The topological polar surface area (TPSA) is 37.3 Å². The van der Waals surface area contributed by atoms with Crippen LogP contribution in [0.25, 0.3) is 0 Å². The van der Waals surface area contributed by atoms with E-state index in [1.807, 2.05) is 0 Å². The van der Waals surface area contributed by atoms with Crippen LogP contribution >= 0.6 is 0 Å². The molecule has 0 saturated carbocycles. The molecule has 36 valence electrons. The molecule has 0 aromatic carbocycles. The number of carboxylic acid groups (broad SMARTS) is 1. The maximum absolute atomic E-state index is 9.25. The number of rotatable bonds is 1. The Labute approximate surface area is 47.2 Å². The third kappa shape index (κ3) is 9.24. The molecule has 0 aliphatic carbocycles. The maximum atomic E-state index is 9.25. The van der Waals surface area contributed by atoms with Gasteiger partial charge in [-0.05, 0) is 0 Å². The molecule has 0 aromatic rings. The molecule has 2 nitrogen and oxygen atoms in total. The normalized spacial score (nSPS) is 5.33. The Morgan fingerprint density at radius 3 is 2.00 bits per heavy atom. The van der Waals surface area contributed by atoms with E-state index in [0.717, 1.165) is 6.08 Å². The van der Waals surface area contributed by atoms with Gasteiger partial charge in [-0.15, -0.1) is 0 Å². The fourth-order valence-electron chi connectivity index (χ4n) is 0. The van der Waals surface area contributed by atoms with E-state index in [4.69, 9.17) is 5.11 Å². The first-order valence-electron chi connectivity index (χ1n) is 1.12. The van der Waals surface area contributed by atoms with Crippen molar-refractivity contribution in [2.45, 2.75) is 0 Å². The molecule has 0 heterocycles. The summed E-state index contributed by atoms with van der Waals surface area (Å²) in [4.78, 5) is 9.25. The van der Waals surface area contributed by atoms with Crippen LogP contribution in [0.1, 0.15) is 0 Å². The van der Waals surface area contributed by atoms with E-state index < -0.39 is 5.97 Å². The molecule has 0 bridgehead atoms. The summed E-state index contributed by atoms with van der Waals surface area (Å²) in [6, 6.07) is 0. The van der Waals surface area contributed by atoms with Gasteiger partial charge in [0.2, 0.25) is 0 Å². The molecule has 1 unspecified atom stereocenters. The summed E-state index contributed by atoms with van der Waals surface area (Å²) in [5.41, 5.74) is 0. The van der Waals surface area contributed by atoms with Crippen LogP contribution in [0.2, 0.25) is 0 Å². The molecule has 0 rings (SSSR count). The molecule has 0 radical (unpaired) electrons. The summed E-state index contributed by atoms with van der Waals surface area (Å²) in [5.74, 6) is -0.981. The molecule has 1 N–H and O–H groups in total. The van der Waals surface area contributed by atoms with Crippen LogP contribution in [0.5, 0.6) is 0 Å². The van der Waals surface area contributed by atoms with Gasteiger partial charge in [-0.25, -0.2) is 4.79 Å². The Morgan fingerprint density at radius 1 is 1.83 bits per heavy atom. The van der Waals surface area contributed by atoms with Crippen molar-refractivity contribution in [2.24, 2.45) is 0 Å². The Kier molecular flexibility index (Phi) is 7.34. The Balaban J connectivity index is 0. The third-order valence-corrected chi connectivity index (χ3v) is 0.175. The van der Waals surface area contributed by atoms with Crippen molar-refractivity contribution in [3.05, 3.63) is 12.7 Å². The zero-order valence-electron chi connectivity index (χ0n) is 3.35. The monoisotopic (exact) mass is 150 g/mol. The van der Waals surface area contributed by atoms with Gasteiger partial charge in [-0.1, -0.05) is 6.58 Å². The van der Waals surface area contributed by atoms with Crippen molar-refractivity contribution in [1.82, 2.24) is 0 Å². The average molecular weight is 150 g/mol. The van der Waals surface area contributed by atoms with E-state index in [9.17, 15) is 4.79 Å². The van der Waals surface area contributed by atoms with E-state index in [1.165, 1.54) is 0 Å². The molecule has 0 fully saturated rings. The van der Waals surface area contributed by atoms with Gasteiger partial charge in [0.1, 0.15) is 0 Å². The molecule has 0 aliphatic heterocycles. The summed E-state index contributed by atoms with van der Waals surface area (Å²) in [6.07, 6.45) is 0.833. The van der Waals surface area contributed by atoms with Crippen LogP contribution < -0.4 is 0 Å². The third-order valence-electron chi connectivity index (χ3n) is 0.175. The predicted molar refractivity (Wildman–Crippen MR) is 27.8 cm³/mol. The van der Waals surface area contributed by atoms with E-state index in [2.05, 4.69) is 6.58 Å². The fraction of sp³-hybridized carbons (Fsp3) is 0. The van der Waals surface area contributed by atoms with E-state index in [1.54, 1.807) is 0 Å². The van der Waals surface area contributed by atoms with Gasteiger partial charge in [-0.2, -0.15) is 0 Å². The van der Waals surface area contributed by atoms with Crippen molar-refractivity contribution in [3.8, 4) is 0 Å². The molecule has 1 atom stereocenters. The first-order chi connectivity index (χ1) is 2.27. The van der Waals surface area contributed by atoms with Crippen molar-refractivity contribution >= 4 is 23.9 Å². The fourth-order valence-corrected chi connectivity index (χ4v) is 0. The summed E-state index contributed by atoms with van der Waals surface area (Å²) in [5, 5.41) is 7.60. The Bertz CT molecular complexity index is 59.8. The standard InChI is InChI=1S/C3H4O2.AsH3/c1-2-3(4)5;/h2H,1H2,(H,4,5);1H3. The molecule has 3 heteroatoms. The molecule has 0 amide bonds. The van der Waals surface area contributed by atoms with Gasteiger partial charge in [0, 0.05) is 6.08 Å². The number of hydrogen-bond donors (Lipinski definition) is 1. The van der Waals surface area contributed by atoms with Gasteiger partial charge >= 0.3 is 23.9 Å². The van der Waals surface area contributed by atoms with Gasteiger partial charge < -0.3 is 5.11 Å². The number of aliphatic carboxylic acids is 1. The van der Waals surface area contributed by atoms with Crippen molar-refractivity contribution in [1.29, 1.82) is 0 Å². The SMILES string of the molecule is C=CC(=O)O.[AsH3]. The average Bonchev–Trinajstić information content (AvgIpc) is 1.38. The zero-order valence-corrected chi connectivity index (χ0v) is 6.31. The molecular formula is C3H7AsO2. The Hall–Kier alpha value is -0.232. The van der Waals surface area contributed by atoms with Gasteiger partial charge in [-0.3, -0.25) is 0 Å². The molecule has 0 spiro atoms. The molecule has 0 aromatic heterocycles. The van der Waals surface area contributed by atoms with Crippen molar-refractivity contribution < 1.29 is 9.90 Å². The van der Waals surface area contributed by atoms with Gasteiger partial charge in [0.25, 0.3) is 0 Å². The molecule has 6 heavy (non-hydrogen) atoms. The van der Waals surface area contributed by atoms with Crippen LogP contribution in [0.3, 0.4) is 0 Å². The van der Waals surface area contributed by atoms with E-state index >= 15 is 0 Å². The second kappa shape index (κ2) is 4.77. The van der Waals surface area contributed by atoms with Crippen molar-refractivity contribution in [3.63, 3.8) is 0 Å². The first kappa shape index (κ1) is 9.24. The Morgan fingerprint density at radius 2 is 2.00 bits per heavy atom. The first-order valence-corrected chi connectivity index (χ1v) is 1.12. The summed E-state index contributed by atoms with van der Waals surface area (Å²) in [6.45, 7) is 2.96. The number of carbonyl (C=O) groups is 1. The minimum absolute atomic E-state index is 0. The van der Waals surface area contributed by atoms with Crippen LogP contribution in [-0.4, -0.2) is 29.0 Å². The second-order valence-electron chi connectivity index (χ2n) is 0.542. The van der Waals surface area contributed by atoms with Crippen LogP contribution in [0.4, 0.5) is 0 Å². The van der Waals surface area contributed by atoms with Gasteiger partial charge in [0.15, 0.2) is 0 Å². The summed E-state index contributed by atoms with van der Waals surface area (Å²) < 4.78 is 0. The summed E-state index contributed by atoms with van der Waals surface area (Å²) >= 11 is 0. The zero-order chi connectivity index (χ0) is 4.28. The molecule has 0 saturated heterocycles. The molecule has 0 aliphatic rings. The second-order valence-corrected chi connectivity index (χ2v) is 0.542. The van der Waals surface area contributed by atoms with E-state index in [-0.39, 0.29) is 18.0 Å². The predicted octanol–water partition coefficient (Wildman–Crippen LogP) is -0.927. The van der Waals surface area contributed by atoms with Gasteiger partial charge in [0.05, 0.1) is 0 Å².